The molecule has 1 aromatic carbocycles. The summed E-state index contributed by atoms with van der Waals surface area (Å²) in [5.41, 5.74) is 1.27. The maximum Gasteiger partial charge on any atom is 0.268 e. The molecule has 0 fully saturated rings. The van der Waals surface area contributed by atoms with Crippen molar-refractivity contribution in [3.8, 4) is 5.75 Å². The van der Waals surface area contributed by atoms with E-state index in [1.165, 1.54) is 31.6 Å². The van der Waals surface area contributed by atoms with E-state index in [1.807, 2.05) is 0 Å². The van der Waals surface area contributed by atoms with Gasteiger partial charge in [-0.25, -0.2) is 9.87 Å². The Hall–Kier alpha value is -2.19. The molecule has 0 aromatic heterocycles. The lowest BCUT2D eigenvalue weighted by molar-refractivity contribution is -0.133. The topological polar surface area (TPSA) is 108 Å². The van der Waals surface area contributed by atoms with E-state index >= 15 is 0 Å². The summed E-state index contributed by atoms with van der Waals surface area (Å²) in [5.74, 6) is -2.52. The van der Waals surface area contributed by atoms with Crippen LogP contribution in [0.4, 0.5) is 4.39 Å². The first-order chi connectivity index (χ1) is 9.40. The molecule has 1 aromatic rings. The number of amides is 2. The number of hydroxylamine groups is 1. The Morgan fingerprint density at radius 2 is 2.05 bits per heavy atom. The van der Waals surface area contributed by atoms with Crippen LogP contribution < -0.4 is 15.5 Å². The molecule has 8 heteroatoms. The molecule has 0 bridgehead atoms. The highest BCUT2D eigenvalue weighted by Gasteiger charge is 2.26. The van der Waals surface area contributed by atoms with Gasteiger partial charge >= 0.3 is 0 Å². The lowest BCUT2D eigenvalue weighted by atomic mass is 10.1. The van der Waals surface area contributed by atoms with Crippen molar-refractivity contribution in [2.45, 2.75) is 19.1 Å². The molecule has 2 amide bonds. The van der Waals surface area contributed by atoms with Crippen molar-refractivity contribution < 1.29 is 29.0 Å². The van der Waals surface area contributed by atoms with Crippen LogP contribution in [0.2, 0.25) is 0 Å². The highest BCUT2D eigenvalue weighted by molar-refractivity contribution is 5.97. The third kappa shape index (κ3) is 3.65. The number of carbonyl (C=O) groups excluding carboxylic acids is 2. The van der Waals surface area contributed by atoms with Crippen molar-refractivity contribution in [2.75, 3.05) is 7.11 Å². The average Bonchev–Trinajstić information content (AvgIpc) is 2.43. The minimum atomic E-state index is -1.36. The van der Waals surface area contributed by atoms with Crippen molar-refractivity contribution in [3.05, 3.63) is 29.6 Å². The second-order valence-electron chi connectivity index (χ2n) is 4.02. The Kier molecular flexibility index (Phi) is 5.42. The third-order valence-corrected chi connectivity index (χ3v) is 2.58. The Morgan fingerprint density at radius 3 is 2.50 bits per heavy atom. The van der Waals surface area contributed by atoms with E-state index < -0.39 is 29.8 Å². The number of nitrogens with one attached hydrogen (secondary N) is 2. The van der Waals surface area contributed by atoms with Crippen molar-refractivity contribution in [1.29, 1.82) is 0 Å². The highest BCUT2D eigenvalue weighted by Crippen LogP contribution is 2.17. The number of aliphatic hydroxyl groups excluding tert-OH is 1. The number of methoxy groups -OCH3 is 1. The van der Waals surface area contributed by atoms with Gasteiger partial charge in [-0.05, 0) is 25.1 Å². The third-order valence-electron chi connectivity index (χ3n) is 2.58. The molecule has 0 saturated carbocycles. The van der Waals surface area contributed by atoms with Gasteiger partial charge in [0.25, 0.3) is 11.8 Å². The average molecular weight is 286 g/mol. The second kappa shape index (κ2) is 6.83. The number of hydrogen-bond donors (Lipinski definition) is 4. The van der Waals surface area contributed by atoms with E-state index in [4.69, 9.17) is 9.94 Å². The van der Waals surface area contributed by atoms with Crippen LogP contribution in [0.15, 0.2) is 18.2 Å². The smallest absolute Gasteiger partial charge is 0.268 e. The van der Waals surface area contributed by atoms with Gasteiger partial charge in [-0.3, -0.25) is 14.8 Å². The summed E-state index contributed by atoms with van der Waals surface area (Å²) in [6, 6.07) is 2.13. The molecule has 1 rings (SSSR count). The zero-order valence-electron chi connectivity index (χ0n) is 10.9. The molecule has 20 heavy (non-hydrogen) atoms. The Balaban J connectivity index is 2.89. The lowest BCUT2D eigenvalue weighted by Gasteiger charge is -2.19. The van der Waals surface area contributed by atoms with Gasteiger partial charge in [-0.2, -0.15) is 0 Å². The summed E-state index contributed by atoms with van der Waals surface area (Å²) in [5, 5.41) is 20.1. The molecule has 0 aliphatic rings. The van der Waals surface area contributed by atoms with Gasteiger partial charge in [0.1, 0.15) is 6.04 Å². The molecule has 0 aliphatic carbocycles. The molecule has 110 valence electrons. The van der Waals surface area contributed by atoms with Crippen molar-refractivity contribution in [3.63, 3.8) is 0 Å². The molecule has 0 saturated heterocycles. The summed E-state index contributed by atoms with van der Waals surface area (Å²) in [7, 11) is 1.28. The maximum absolute atomic E-state index is 13.5. The molecule has 7 nitrogen and oxygen atoms in total. The summed E-state index contributed by atoms with van der Waals surface area (Å²) in [4.78, 5) is 23.1. The number of halogens is 1. The number of ether oxygens (including phenoxy) is 1. The first kappa shape index (κ1) is 15.9. The van der Waals surface area contributed by atoms with Gasteiger partial charge in [0.15, 0.2) is 11.6 Å². The molecule has 0 aliphatic heterocycles. The lowest BCUT2D eigenvalue weighted by Crippen LogP contribution is -2.51. The van der Waals surface area contributed by atoms with Crippen LogP contribution in [0.3, 0.4) is 0 Å². The monoisotopic (exact) mass is 286 g/mol. The minimum Gasteiger partial charge on any atom is -0.494 e. The fraction of sp³-hybridized carbons (Fsp3) is 0.333. The van der Waals surface area contributed by atoms with Gasteiger partial charge in [-0.15, -0.1) is 0 Å². The standard InChI is InChI=1S/C12H15FN2O5/c1-6(16)10(12(18)15-19)14-11(17)7-3-4-9(20-2)8(13)5-7/h3-6,10,16,19H,1-2H3,(H,14,17)(H,15,18)/t6-,10+/m1/s1. The quantitative estimate of drug-likeness (QED) is 0.443. The van der Waals surface area contributed by atoms with Gasteiger partial charge in [0.2, 0.25) is 0 Å². The van der Waals surface area contributed by atoms with E-state index in [2.05, 4.69) is 5.32 Å². The normalized spacial score (nSPS) is 13.2. The van der Waals surface area contributed by atoms with Crippen molar-refractivity contribution >= 4 is 11.8 Å². The van der Waals surface area contributed by atoms with Crippen LogP contribution in [0.5, 0.6) is 5.75 Å². The van der Waals surface area contributed by atoms with Crippen LogP contribution in [-0.2, 0) is 4.79 Å². The minimum absolute atomic E-state index is 0.0262. The molecule has 0 spiro atoms. The summed E-state index contributed by atoms with van der Waals surface area (Å²) < 4.78 is 18.2. The maximum atomic E-state index is 13.5. The number of hydrogen-bond acceptors (Lipinski definition) is 5. The molecular formula is C12H15FN2O5. The first-order valence-corrected chi connectivity index (χ1v) is 5.67. The Labute approximate surface area is 114 Å². The largest absolute Gasteiger partial charge is 0.494 e. The predicted octanol–water partition coefficient (Wildman–Crippen LogP) is -0.181. The van der Waals surface area contributed by atoms with E-state index in [0.717, 1.165) is 6.07 Å². The number of aliphatic hydroxyl groups is 1. The predicted molar refractivity (Wildman–Crippen MR) is 65.8 cm³/mol. The van der Waals surface area contributed by atoms with Crippen LogP contribution in [0.1, 0.15) is 17.3 Å². The van der Waals surface area contributed by atoms with Crippen LogP contribution >= 0.6 is 0 Å². The van der Waals surface area contributed by atoms with E-state index in [0.29, 0.717) is 0 Å². The van der Waals surface area contributed by atoms with Crippen LogP contribution in [-0.4, -0.2) is 41.4 Å². The zero-order chi connectivity index (χ0) is 15.3. The molecule has 0 unspecified atom stereocenters. The van der Waals surface area contributed by atoms with Gasteiger partial charge in [0.05, 0.1) is 13.2 Å². The number of benzene rings is 1. The zero-order valence-corrected chi connectivity index (χ0v) is 10.9. The van der Waals surface area contributed by atoms with Gasteiger partial charge < -0.3 is 15.2 Å². The van der Waals surface area contributed by atoms with Crippen LogP contribution in [0, 0.1) is 5.82 Å². The first-order valence-electron chi connectivity index (χ1n) is 5.67. The number of carbonyl (C=O) groups is 2. The fourth-order valence-electron chi connectivity index (χ4n) is 1.51. The fourth-order valence-corrected chi connectivity index (χ4v) is 1.51. The SMILES string of the molecule is COc1ccc(C(=O)N[C@H](C(=O)NO)[C@@H](C)O)cc1F. The van der Waals surface area contributed by atoms with Crippen molar-refractivity contribution in [1.82, 2.24) is 10.8 Å². The second-order valence-corrected chi connectivity index (χ2v) is 4.02. The number of rotatable bonds is 5. The van der Waals surface area contributed by atoms with Gasteiger partial charge in [-0.1, -0.05) is 0 Å². The van der Waals surface area contributed by atoms with Crippen molar-refractivity contribution in [2.24, 2.45) is 0 Å². The summed E-state index contributed by atoms with van der Waals surface area (Å²) in [6.07, 6.45) is -1.24. The van der Waals surface area contributed by atoms with Gasteiger partial charge in [0, 0.05) is 5.56 Å². The van der Waals surface area contributed by atoms with E-state index in [9.17, 15) is 19.1 Å². The summed E-state index contributed by atoms with van der Waals surface area (Å²) in [6.45, 7) is 1.26. The van der Waals surface area contributed by atoms with E-state index in [1.54, 1.807) is 0 Å². The van der Waals surface area contributed by atoms with Crippen LogP contribution in [0.25, 0.3) is 0 Å². The Morgan fingerprint density at radius 1 is 1.40 bits per heavy atom. The summed E-state index contributed by atoms with van der Waals surface area (Å²) >= 11 is 0. The molecule has 0 radical (unpaired) electrons. The Bertz CT molecular complexity index is 507. The van der Waals surface area contributed by atoms with E-state index in [-0.39, 0.29) is 11.3 Å². The molecule has 2 atom stereocenters. The molecular weight excluding hydrogens is 271 g/mol. The highest BCUT2D eigenvalue weighted by atomic mass is 19.1. The molecule has 4 N–H and O–H groups in total. The molecule has 0 heterocycles.